The molecule has 1 N–H and O–H groups in total. The number of aryl methyl sites for hydroxylation is 1. The zero-order valence-electron chi connectivity index (χ0n) is 14.1. The highest BCUT2D eigenvalue weighted by atomic mass is 35.5. The second-order valence-corrected chi connectivity index (χ2v) is 9.00. The first kappa shape index (κ1) is 16.5. The van der Waals surface area contributed by atoms with Gasteiger partial charge in [-0.2, -0.15) is 0 Å². The lowest BCUT2D eigenvalue weighted by molar-refractivity contribution is 0.0608. The van der Waals surface area contributed by atoms with Crippen molar-refractivity contribution in [2.24, 2.45) is 0 Å². The van der Waals surface area contributed by atoms with E-state index >= 15 is 0 Å². The maximum Gasteiger partial charge on any atom is 0.0934 e. The van der Waals surface area contributed by atoms with E-state index < -0.39 is 0 Å². The first-order valence-corrected chi connectivity index (χ1v) is 9.79. The van der Waals surface area contributed by atoms with E-state index in [9.17, 15) is 0 Å². The Balaban J connectivity index is 1.74. The van der Waals surface area contributed by atoms with Gasteiger partial charge in [-0.15, -0.1) is 11.3 Å². The number of hydrogen-bond acceptors (Lipinski definition) is 4. The number of aromatic nitrogens is 1. The molecule has 0 bridgehead atoms. The van der Waals surface area contributed by atoms with Gasteiger partial charge in [0.05, 0.1) is 17.6 Å². The number of rotatable bonds is 1. The molecule has 0 saturated carbocycles. The fraction of sp³-hybridized carbons (Fsp3) is 0.526. The Morgan fingerprint density at radius 2 is 2.21 bits per heavy atom. The van der Waals surface area contributed by atoms with Gasteiger partial charge >= 0.3 is 0 Å². The van der Waals surface area contributed by atoms with Crippen molar-refractivity contribution in [2.45, 2.75) is 50.6 Å². The maximum absolute atomic E-state index is 6.37. The van der Waals surface area contributed by atoms with Crippen LogP contribution in [0.5, 0.6) is 0 Å². The van der Waals surface area contributed by atoms with E-state index in [0.29, 0.717) is 12.1 Å². The Morgan fingerprint density at radius 3 is 3.04 bits per heavy atom. The number of pyridine rings is 1. The van der Waals surface area contributed by atoms with Crippen LogP contribution in [0.15, 0.2) is 24.5 Å². The lowest BCUT2D eigenvalue weighted by atomic mass is 9.71. The van der Waals surface area contributed by atoms with Crippen LogP contribution in [-0.2, 0) is 16.6 Å². The number of nitrogens with zero attached hydrogens (tertiary/aromatic N) is 1. The fourth-order valence-electron chi connectivity index (χ4n) is 4.35. The van der Waals surface area contributed by atoms with E-state index in [4.69, 9.17) is 16.3 Å². The summed E-state index contributed by atoms with van der Waals surface area (Å²) in [5, 5.41) is 3.77. The molecule has 0 aliphatic carbocycles. The van der Waals surface area contributed by atoms with Gasteiger partial charge in [0.25, 0.3) is 0 Å². The lowest BCUT2D eigenvalue weighted by Gasteiger charge is -2.44. The first-order valence-electron chi connectivity index (χ1n) is 8.60. The SMILES string of the molecule is Cc1cncc(C2CC3(COCCc4cc(Cl)sc43)CC(C)N2)c1. The molecule has 1 saturated heterocycles. The topological polar surface area (TPSA) is 34.1 Å². The summed E-state index contributed by atoms with van der Waals surface area (Å²) >= 11 is 8.12. The molecule has 3 atom stereocenters. The summed E-state index contributed by atoms with van der Waals surface area (Å²) < 4.78 is 6.95. The molecule has 24 heavy (non-hydrogen) atoms. The van der Waals surface area contributed by atoms with Crippen molar-refractivity contribution < 1.29 is 4.74 Å². The van der Waals surface area contributed by atoms with E-state index in [1.165, 1.54) is 21.6 Å². The van der Waals surface area contributed by atoms with Crippen LogP contribution in [-0.4, -0.2) is 24.2 Å². The van der Waals surface area contributed by atoms with E-state index in [2.05, 4.69) is 36.3 Å². The van der Waals surface area contributed by atoms with Crippen molar-refractivity contribution in [1.82, 2.24) is 10.3 Å². The van der Waals surface area contributed by atoms with Gasteiger partial charge in [0.15, 0.2) is 0 Å². The Kier molecular flexibility index (Phi) is 4.42. The molecule has 3 unspecified atom stereocenters. The van der Waals surface area contributed by atoms with Crippen LogP contribution in [0.1, 0.15) is 47.4 Å². The molecule has 0 aromatic carbocycles. The number of hydrogen-bond donors (Lipinski definition) is 1. The first-order chi connectivity index (χ1) is 11.6. The average Bonchev–Trinajstić information content (AvgIpc) is 2.86. The van der Waals surface area contributed by atoms with Crippen LogP contribution in [0.2, 0.25) is 4.34 Å². The summed E-state index contributed by atoms with van der Waals surface area (Å²) in [6, 6.07) is 5.13. The average molecular weight is 363 g/mol. The third-order valence-corrected chi connectivity index (χ3v) is 6.78. The molecule has 5 heteroatoms. The van der Waals surface area contributed by atoms with Crippen molar-refractivity contribution in [3.63, 3.8) is 0 Å². The predicted molar refractivity (Wildman–Crippen MR) is 99.1 cm³/mol. The predicted octanol–water partition coefficient (Wildman–Crippen LogP) is 4.43. The van der Waals surface area contributed by atoms with Crippen LogP contribution in [0.25, 0.3) is 0 Å². The second-order valence-electron chi connectivity index (χ2n) is 7.31. The van der Waals surface area contributed by atoms with Crippen LogP contribution < -0.4 is 5.32 Å². The minimum Gasteiger partial charge on any atom is -0.380 e. The third kappa shape index (κ3) is 3.01. The van der Waals surface area contributed by atoms with Gasteiger partial charge in [-0.05, 0) is 55.9 Å². The van der Waals surface area contributed by atoms with Crippen molar-refractivity contribution >= 4 is 22.9 Å². The van der Waals surface area contributed by atoms with Crippen LogP contribution >= 0.6 is 22.9 Å². The molecule has 1 fully saturated rings. The highest BCUT2D eigenvalue weighted by Gasteiger charge is 2.44. The number of fused-ring (bicyclic) bond motifs is 2. The molecule has 0 radical (unpaired) electrons. The minimum absolute atomic E-state index is 0.0583. The molecular weight excluding hydrogens is 340 g/mol. The zero-order valence-corrected chi connectivity index (χ0v) is 15.7. The number of halogens is 1. The summed E-state index contributed by atoms with van der Waals surface area (Å²) in [6.07, 6.45) is 7.01. The van der Waals surface area contributed by atoms with Gasteiger partial charge < -0.3 is 10.1 Å². The highest BCUT2D eigenvalue weighted by Crippen LogP contribution is 2.48. The second kappa shape index (κ2) is 6.41. The van der Waals surface area contributed by atoms with E-state index in [1.54, 1.807) is 11.3 Å². The molecule has 3 nitrogen and oxygen atoms in total. The smallest absolute Gasteiger partial charge is 0.0934 e. The number of thiophene rings is 1. The standard InChI is InChI=1S/C19H23ClN2OS/c1-12-5-15(10-21-9-12)16-8-19(7-13(2)22-16)11-23-4-3-14-6-17(20)24-18(14)19/h5-6,9-10,13,16,22H,3-4,7-8,11H2,1-2H3. The monoisotopic (exact) mass is 362 g/mol. The Morgan fingerprint density at radius 1 is 1.33 bits per heavy atom. The number of piperidine rings is 1. The third-order valence-electron chi connectivity index (χ3n) is 5.23. The van der Waals surface area contributed by atoms with Crippen molar-refractivity contribution in [3.05, 3.63) is 50.4 Å². The Hall–Kier alpha value is -0.940. The zero-order chi connectivity index (χ0) is 16.7. The molecule has 2 aromatic heterocycles. The van der Waals surface area contributed by atoms with Gasteiger partial charge in [0, 0.05) is 34.8 Å². The van der Waals surface area contributed by atoms with Gasteiger partial charge in [-0.1, -0.05) is 17.7 Å². The Labute approximate surface area is 152 Å². The highest BCUT2D eigenvalue weighted by molar-refractivity contribution is 7.16. The van der Waals surface area contributed by atoms with Crippen molar-refractivity contribution in [3.8, 4) is 0 Å². The molecule has 1 spiro atoms. The van der Waals surface area contributed by atoms with Gasteiger partial charge in [0.2, 0.25) is 0 Å². The van der Waals surface area contributed by atoms with Crippen LogP contribution in [0.3, 0.4) is 0 Å². The molecule has 2 aromatic rings. The van der Waals surface area contributed by atoms with Crippen LogP contribution in [0, 0.1) is 6.92 Å². The van der Waals surface area contributed by atoms with E-state index in [-0.39, 0.29) is 5.41 Å². The molecular formula is C19H23ClN2OS. The molecule has 2 aliphatic rings. The largest absolute Gasteiger partial charge is 0.380 e. The van der Waals surface area contributed by atoms with Crippen LogP contribution in [0.4, 0.5) is 0 Å². The summed E-state index contributed by atoms with van der Waals surface area (Å²) in [6.45, 7) is 5.96. The van der Waals surface area contributed by atoms with Gasteiger partial charge in [0.1, 0.15) is 0 Å². The maximum atomic E-state index is 6.37. The lowest BCUT2D eigenvalue weighted by Crippen LogP contribution is -2.48. The quantitative estimate of drug-likeness (QED) is 0.814. The number of ether oxygens (including phenoxy) is 1. The molecule has 4 heterocycles. The molecule has 2 aliphatic heterocycles. The summed E-state index contributed by atoms with van der Waals surface area (Å²) in [5.41, 5.74) is 3.92. The Bertz CT molecular complexity index is 747. The number of nitrogens with one attached hydrogen (secondary N) is 1. The summed E-state index contributed by atoms with van der Waals surface area (Å²) in [7, 11) is 0. The van der Waals surface area contributed by atoms with Gasteiger partial charge in [-0.3, -0.25) is 4.98 Å². The minimum atomic E-state index is 0.0583. The van der Waals surface area contributed by atoms with E-state index in [1.807, 2.05) is 12.4 Å². The fourth-order valence-corrected chi connectivity index (χ4v) is 5.85. The molecule has 128 valence electrons. The summed E-state index contributed by atoms with van der Waals surface area (Å²) in [5.74, 6) is 0. The summed E-state index contributed by atoms with van der Waals surface area (Å²) in [4.78, 5) is 5.84. The molecule has 0 amide bonds. The van der Waals surface area contributed by atoms with Crippen molar-refractivity contribution in [1.29, 1.82) is 0 Å². The normalized spacial score (nSPS) is 30.1. The van der Waals surface area contributed by atoms with Crippen molar-refractivity contribution in [2.75, 3.05) is 13.2 Å². The molecule has 4 rings (SSSR count). The van der Waals surface area contributed by atoms with Gasteiger partial charge in [-0.25, -0.2) is 0 Å². The van der Waals surface area contributed by atoms with E-state index in [0.717, 1.165) is 36.8 Å².